The molecule has 0 heterocycles. The molecule has 0 amide bonds. The maximum atomic E-state index is 6.19. The van der Waals surface area contributed by atoms with E-state index in [4.69, 9.17) is 11.6 Å². The fraction of sp³-hybridized carbons (Fsp3) is 0. The molecular formula is C26H19ClP+. The van der Waals surface area contributed by atoms with Gasteiger partial charge in [0.25, 0.3) is 0 Å². The second-order valence-electron chi connectivity index (χ2n) is 6.42. The van der Waals surface area contributed by atoms with Crippen LogP contribution in [-0.2, 0) is 0 Å². The maximum Gasteiger partial charge on any atom is 0.189 e. The van der Waals surface area contributed by atoms with Crippen LogP contribution in [0.1, 0.15) is 5.56 Å². The molecule has 0 aliphatic rings. The van der Waals surface area contributed by atoms with Gasteiger partial charge in [-0.05, 0) is 60.5 Å². The normalized spacial score (nSPS) is 10.8. The summed E-state index contributed by atoms with van der Waals surface area (Å²) in [5, 5.41) is 4.46. The molecule has 0 bridgehead atoms. The molecule has 0 unspecified atom stereocenters. The van der Waals surface area contributed by atoms with Gasteiger partial charge in [0, 0.05) is 10.6 Å². The highest BCUT2D eigenvalue weighted by Gasteiger charge is 2.44. The topological polar surface area (TPSA) is 0 Å². The van der Waals surface area contributed by atoms with Crippen LogP contribution in [0.2, 0.25) is 5.02 Å². The van der Waals surface area contributed by atoms with E-state index in [-0.39, 0.29) is 0 Å². The van der Waals surface area contributed by atoms with Crippen LogP contribution in [0.4, 0.5) is 0 Å². The largest absolute Gasteiger partial charge is 0.189 e. The molecule has 0 saturated heterocycles. The van der Waals surface area contributed by atoms with Gasteiger partial charge in [-0.3, -0.25) is 0 Å². The van der Waals surface area contributed by atoms with Gasteiger partial charge in [0.05, 0.1) is 5.66 Å². The fourth-order valence-corrected chi connectivity index (χ4v) is 6.94. The van der Waals surface area contributed by atoms with Crippen LogP contribution in [0.25, 0.3) is 0 Å². The lowest BCUT2D eigenvalue weighted by Crippen LogP contribution is -2.29. The maximum absolute atomic E-state index is 6.19. The smallest absolute Gasteiger partial charge is 0.0843 e. The zero-order valence-electron chi connectivity index (χ0n) is 15.3. The third kappa shape index (κ3) is 3.74. The van der Waals surface area contributed by atoms with Crippen molar-refractivity contribution in [3.63, 3.8) is 0 Å². The molecule has 2 heteroatoms. The predicted molar refractivity (Wildman–Crippen MR) is 123 cm³/mol. The molecule has 0 atom stereocenters. The standard InChI is InChI=1S/C26H19ClP/c27-23-12-10-11-22(21-23)19-20-28(24-13-4-1-5-14-24,25-15-6-2-7-16-25)26-17-8-3-9-18-26/h1-18,21H/q+1. The third-order valence-electron chi connectivity index (χ3n) is 4.62. The summed E-state index contributed by atoms with van der Waals surface area (Å²) >= 11 is 6.19. The summed E-state index contributed by atoms with van der Waals surface area (Å²) in [6, 6.07) is 39.6. The minimum atomic E-state index is -2.14. The van der Waals surface area contributed by atoms with E-state index in [2.05, 4.69) is 103 Å². The summed E-state index contributed by atoms with van der Waals surface area (Å²) < 4.78 is 0. The molecule has 0 radical (unpaired) electrons. The Morgan fingerprint density at radius 3 is 1.43 bits per heavy atom. The number of hydrogen-bond donors (Lipinski definition) is 0. The van der Waals surface area contributed by atoms with Crippen molar-refractivity contribution in [2.45, 2.75) is 0 Å². The quantitative estimate of drug-likeness (QED) is 0.310. The fourth-order valence-electron chi connectivity index (χ4n) is 3.31. The first-order valence-electron chi connectivity index (χ1n) is 9.14. The minimum Gasteiger partial charge on any atom is -0.0843 e. The van der Waals surface area contributed by atoms with Gasteiger partial charge in [0.2, 0.25) is 0 Å². The molecule has 0 nitrogen and oxygen atoms in total. The van der Waals surface area contributed by atoms with Crippen LogP contribution in [-0.4, -0.2) is 0 Å². The van der Waals surface area contributed by atoms with Crippen molar-refractivity contribution >= 4 is 34.8 Å². The summed E-state index contributed by atoms with van der Waals surface area (Å²) in [5.41, 5.74) is 4.66. The molecule has 4 aromatic carbocycles. The molecular weight excluding hydrogens is 379 g/mol. The van der Waals surface area contributed by atoms with Gasteiger partial charge in [0.15, 0.2) is 7.26 Å². The Morgan fingerprint density at radius 2 is 1.00 bits per heavy atom. The zero-order chi connectivity index (χ0) is 19.2. The lowest BCUT2D eigenvalue weighted by molar-refractivity contribution is 1.65. The Morgan fingerprint density at radius 1 is 0.536 bits per heavy atom. The van der Waals surface area contributed by atoms with Crippen molar-refractivity contribution in [1.82, 2.24) is 0 Å². The zero-order valence-corrected chi connectivity index (χ0v) is 16.9. The lowest BCUT2D eigenvalue weighted by atomic mass is 10.2. The third-order valence-corrected chi connectivity index (χ3v) is 8.52. The van der Waals surface area contributed by atoms with E-state index in [9.17, 15) is 0 Å². The molecule has 0 aliphatic carbocycles. The summed E-state index contributed by atoms with van der Waals surface area (Å²) in [6.45, 7) is 0. The Balaban J connectivity index is 2.02. The van der Waals surface area contributed by atoms with Crippen LogP contribution < -0.4 is 15.9 Å². The van der Waals surface area contributed by atoms with Crippen molar-refractivity contribution in [3.05, 3.63) is 126 Å². The summed E-state index contributed by atoms with van der Waals surface area (Å²) in [4.78, 5) is 0. The van der Waals surface area contributed by atoms with E-state index < -0.39 is 7.26 Å². The molecule has 0 saturated carbocycles. The average molecular weight is 398 g/mol. The van der Waals surface area contributed by atoms with Crippen molar-refractivity contribution in [3.8, 4) is 11.6 Å². The molecule has 28 heavy (non-hydrogen) atoms. The molecule has 0 fully saturated rings. The molecule has 0 N–H and O–H groups in total. The van der Waals surface area contributed by atoms with Crippen molar-refractivity contribution in [1.29, 1.82) is 0 Å². The Bertz CT molecular complexity index is 1010. The van der Waals surface area contributed by atoms with Gasteiger partial charge < -0.3 is 0 Å². The Kier molecular flexibility index (Phi) is 5.59. The SMILES string of the molecule is Clc1cccc(C#C[P+](c2ccccc2)(c2ccccc2)c2ccccc2)c1. The number of benzene rings is 4. The van der Waals surface area contributed by atoms with E-state index in [1.54, 1.807) is 0 Å². The first kappa shape index (κ1) is 18.5. The molecule has 4 aromatic rings. The first-order chi connectivity index (χ1) is 13.8. The van der Waals surface area contributed by atoms with Gasteiger partial charge in [-0.2, -0.15) is 0 Å². The van der Waals surface area contributed by atoms with E-state index in [0.717, 1.165) is 5.56 Å². The van der Waals surface area contributed by atoms with Crippen LogP contribution in [0.5, 0.6) is 0 Å². The molecule has 0 aliphatic heterocycles. The van der Waals surface area contributed by atoms with Crippen LogP contribution in [0, 0.1) is 11.6 Å². The van der Waals surface area contributed by atoms with Crippen LogP contribution in [0.15, 0.2) is 115 Å². The minimum absolute atomic E-state index is 0.704. The summed E-state index contributed by atoms with van der Waals surface area (Å²) in [5.74, 6) is 3.44. The van der Waals surface area contributed by atoms with E-state index in [1.807, 2.05) is 24.3 Å². The second-order valence-corrected chi connectivity index (χ2v) is 9.98. The summed E-state index contributed by atoms with van der Waals surface area (Å²) in [7, 11) is -2.14. The van der Waals surface area contributed by atoms with Crippen molar-refractivity contribution in [2.24, 2.45) is 0 Å². The number of hydrogen-bond acceptors (Lipinski definition) is 0. The van der Waals surface area contributed by atoms with Crippen LogP contribution in [0.3, 0.4) is 0 Å². The average Bonchev–Trinajstić information content (AvgIpc) is 2.77. The van der Waals surface area contributed by atoms with E-state index in [0.29, 0.717) is 5.02 Å². The van der Waals surface area contributed by atoms with E-state index in [1.165, 1.54) is 15.9 Å². The summed E-state index contributed by atoms with van der Waals surface area (Å²) in [6.07, 6.45) is 0. The monoisotopic (exact) mass is 397 g/mol. The Labute approximate surface area is 172 Å². The molecule has 0 aromatic heterocycles. The van der Waals surface area contributed by atoms with Gasteiger partial charge >= 0.3 is 0 Å². The van der Waals surface area contributed by atoms with Gasteiger partial charge in [0.1, 0.15) is 15.9 Å². The number of rotatable bonds is 3. The molecule has 4 rings (SSSR count). The van der Waals surface area contributed by atoms with Gasteiger partial charge in [-0.1, -0.05) is 72.3 Å². The van der Waals surface area contributed by atoms with Crippen molar-refractivity contribution < 1.29 is 0 Å². The number of halogens is 1. The lowest BCUT2D eigenvalue weighted by Gasteiger charge is -2.21. The highest BCUT2D eigenvalue weighted by Crippen LogP contribution is 2.54. The second kappa shape index (κ2) is 8.45. The molecule has 0 spiro atoms. The first-order valence-corrected chi connectivity index (χ1v) is 11.3. The highest BCUT2D eigenvalue weighted by atomic mass is 35.5. The van der Waals surface area contributed by atoms with Gasteiger partial charge in [-0.15, -0.1) is 0 Å². The molecule has 134 valence electrons. The highest BCUT2D eigenvalue weighted by molar-refractivity contribution is 7.99. The Hall–Kier alpha value is -2.84. The van der Waals surface area contributed by atoms with Crippen molar-refractivity contribution in [2.75, 3.05) is 0 Å². The van der Waals surface area contributed by atoms with Crippen LogP contribution >= 0.6 is 18.9 Å². The predicted octanol–water partition coefficient (Wildman–Crippen LogP) is 5.64. The van der Waals surface area contributed by atoms with Gasteiger partial charge in [-0.25, -0.2) is 0 Å². The van der Waals surface area contributed by atoms with E-state index >= 15 is 0 Å².